The van der Waals surface area contributed by atoms with Crippen molar-refractivity contribution in [2.75, 3.05) is 18.1 Å². The molecule has 0 bridgehead atoms. The summed E-state index contributed by atoms with van der Waals surface area (Å²) in [6, 6.07) is 6.23. The molecule has 0 aliphatic heterocycles. The number of halogens is 2. The van der Waals surface area contributed by atoms with Crippen LogP contribution in [0.3, 0.4) is 0 Å². The average Bonchev–Trinajstić information content (AvgIpc) is 2.32. The van der Waals surface area contributed by atoms with E-state index in [2.05, 4.69) is 26.1 Å². The highest BCUT2D eigenvalue weighted by atomic mass is 35.5. The van der Waals surface area contributed by atoms with Crippen LogP contribution in [0, 0.1) is 5.92 Å². The Morgan fingerprint density at radius 3 is 2.53 bits per heavy atom. The number of likely N-dealkylation sites (N-methyl/N-ethyl adjacent to an activating group) is 1. The first-order chi connectivity index (χ1) is 9.02. The van der Waals surface area contributed by atoms with Gasteiger partial charge in [0.25, 0.3) is 0 Å². The first-order valence-corrected chi connectivity index (χ1v) is 8.69. The van der Waals surface area contributed by atoms with Gasteiger partial charge in [0.15, 0.2) is 0 Å². The first-order valence-electron chi connectivity index (χ1n) is 6.78. The highest BCUT2D eigenvalue weighted by molar-refractivity contribution is 7.99. The van der Waals surface area contributed by atoms with E-state index < -0.39 is 0 Å². The smallest absolute Gasteiger partial charge is 0.0453 e. The summed E-state index contributed by atoms with van der Waals surface area (Å²) in [5.41, 5.74) is 1.17. The fraction of sp³-hybridized carbons (Fsp3) is 0.600. The molecule has 0 amide bonds. The molecule has 1 unspecified atom stereocenters. The second-order valence-electron chi connectivity index (χ2n) is 5.13. The zero-order valence-electron chi connectivity index (χ0n) is 11.9. The molecule has 19 heavy (non-hydrogen) atoms. The Balaban J connectivity index is 2.56. The Morgan fingerprint density at radius 1 is 1.21 bits per heavy atom. The van der Waals surface area contributed by atoms with Crippen molar-refractivity contribution in [2.24, 2.45) is 5.92 Å². The molecule has 0 aliphatic rings. The van der Waals surface area contributed by atoms with Crippen molar-refractivity contribution in [2.45, 2.75) is 33.2 Å². The van der Waals surface area contributed by atoms with E-state index in [1.807, 2.05) is 30.0 Å². The van der Waals surface area contributed by atoms with Gasteiger partial charge in [0, 0.05) is 21.8 Å². The summed E-state index contributed by atoms with van der Waals surface area (Å²) >= 11 is 14.2. The molecule has 1 atom stereocenters. The molecule has 0 aliphatic carbocycles. The highest BCUT2D eigenvalue weighted by Crippen LogP contribution is 2.23. The summed E-state index contributed by atoms with van der Waals surface area (Å²) < 4.78 is 0. The molecule has 4 heteroatoms. The van der Waals surface area contributed by atoms with Crippen LogP contribution in [0.4, 0.5) is 0 Å². The van der Waals surface area contributed by atoms with Gasteiger partial charge in [-0.3, -0.25) is 0 Å². The lowest BCUT2D eigenvalue weighted by Crippen LogP contribution is -2.33. The fourth-order valence-electron chi connectivity index (χ4n) is 1.88. The van der Waals surface area contributed by atoms with E-state index in [0.717, 1.165) is 29.7 Å². The van der Waals surface area contributed by atoms with Crippen LogP contribution in [0.25, 0.3) is 0 Å². The van der Waals surface area contributed by atoms with Gasteiger partial charge in [-0.25, -0.2) is 0 Å². The third-order valence-corrected chi connectivity index (χ3v) is 4.87. The molecule has 1 N–H and O–H groups in total. The molecule has 0 spiro atoms. The second-order valence-corrected chi connectivity index (χ2v) is 7.04. The van der Waals surface area contributed by atoms with Gasteiger partial charge in [-0.05, 0) is 42.3 Å². The number of hydrogen-bond donors (Lipinski definition) is 1. The minimum atomic E-state index is 0.465. The summed E-state index contributed by atoms with van der Waals surface area (Å²) in [4.78, 5) is 0. The third-order valence-electron chi connectivity index (χ3n) is 2.74. The predicted octanol–water partition coefficient (Wildman–Crippen LogP) is 4.90. The zero-order valence-corrected chi connectivity index (χ0v) is 14.2. The Labute approximate surface area is 131 Å². The predicted molar refractivity (Wildman–Crippen MR) is 89.8 cm³/mol. The summed E-state index contributed by atoms with van der Waals surface area (Å²) in [6.45, 7) is 7.64. The van der Waals surface area contributed by atoms with E-state index in [9.17, 15) is 0 Å². The quantitative estimate of drug-likeness (QED) is 0.731. The Kier molecular flexibility index (Phi) is 8.24. The molecule has 0 radical (unpaired) electrons. The maximum Gasteiger partial charge on any atom is 0.0453 e. The maximum absolute atomic E-state index is 6.24. The lowest BCUT2D eigenvalue weighted by Gasteiger charge is -2.19. The van der Waals surface area contributed by atoms with Crippen molar-refractivity contribution in [1.82, 2.24) is 5.32 Å². The van der Waals surface area contributed by atoms with Crippen molar-refractivity contribution in [3.63, 3.8) is 0 Å². The van der Waals surface area contributed by atoms with Crippen molar-refractivity contribution >= 4 is 35.0 Å². The van der Waals surface area contributed by atoms with Crippen molar-refractivity contribution in [3.8, 4) is 0 Å². The van der Waals surface area contributed by atoms with Crippen LogP contribution < -0.4 is 5.32 Å². The van der Waals surface area contributed by atoms with Gasteiger partial charge in [0.05, 0.1) is 0 Å². The lowest BCUT2D eigenvalue weighted by molar-refractivity contribution is 0.572. The van der Waals surface area contributed by atoms with Gasteiger partial charge >= 0.3 is 0 Å². The van der Waals surface area contributed by atoms with Crippen LogP contribution in [0.2, 0.25) is 10.0 Å². The van der Waals surface area contributed by atoms with E-state index in [-0.39, 0.29) is 0 Å². The molecule has 1 aromatic rings. The molecule has 108 valence electrons. The normalized spacial score (nSPS) is 12.9. The van der Waals surface area contributed by atoms with Crippen molar-refractivity contribution in [3.05, 3.63) is 33.8 Å². The summed E-state index contributed by atoms with van der Waals surface area (Å²) in [5.74, 6) is 3.06. The maximum atomic E-state index is 6.24. The first kappa shape index (κ1) is 17.2. The number of benzene rings is 1. The van der Waals surface area contributed by atoms with Crippen LogP contribution >= 0.6 is 35.0 Å². The molecule has 0 heterocycles. The van der Waals surface area contributed by atoms with Gasteiger partial charge in [0.1, 0.15) is 0 Å². The molecule has 1 aromatic carbocycles. The van der Waals surface area contributed by atoms with E-state index in [1.54, 1.807) is 0 Å². The Morgan fingerprint density at radius 2 is 1.95 bits per heavy atom. The summed E-state index contributed by atoms with van der Waals surface area (Å²) in [7, 11) is 0. The summed E-state index contributed by atoms with van der Waals surface area (Å²) in [6.07, 6.45) is 0.953. The van der Waals surface area contributed by atoms with Crippen LogP contribution in [-0.2, 0) is 6.42 Å². The van der Waals surface area contributed by atoms with Crippen molar-refractivity contribution in [1.29, 1.82) is 0 Å². The van der Waals surface area contributed by atoms with E-state index in [4.69, 9.17) is 23.2 Å². The van der Waals surface area contributed by atoms with E-state index in [0.29, 0.717) is 11.1 Å². The van der Waals surface area contributed by atoms with Crippen LogP contribution in [0.15, 0.2) is 18.2 Å². The average molecular weight is 320 g/mol. The van der Waals surface area contributed by atoms with Gasteiger partial charge in [-0.15, -0.1) is 0 Å². The minimum absolute atomic E-state index is 0.465. The molecule has 0 aromatic heterocycles. The summed E-state index contributed by atoms with van der Waals surface area (Å²) in [5, 5.41) is 5.00. The molecule has 1 nitrogen and oxygen atoms in total. The van der Waals surface area contributed by atoms with Crippen LogP contribution in [0.5, 0.6) is 0 Å². The third kappa shape index (κ3) is 6.89. The van der Waals surface area contributed by atoms with Gasteiger partial charge < -0.3 is 5.32 Å². The SMILES string of the molecule is CCNC(CSCC(C)C)Cc1ccc(Cl)cc1Cl. The molecular weight excluding hydrogens is 297 g/mol. The standard InChI is InChI=1S/C15H23Cl2NS/c1-4-18-14(10-19-9-11(2)3)7-12-5-6-13(16)8-15(12)17/h5-6,8,11,14,18H,4,7,9-10H2,1-3H3. The van der Waals surface area contributed by atoms with E-state index in [1.165, 1.54) is 11.3 Å². The lowest BCUT2D eigenvalue weighted by atomic mass is 10.1. The van der Waals surface area contributed by atoms with E-state index >= 15 is 0 Å². The Bertz CT molecular complexity index is 382. The zero-order chi connectivity index (χ0) is 14.3. The van der Waals surface area contributed by atoms with Crippen molar-refractivity contribution < 1.29 is 0 Å². The highest BCUT2D eigenvalue weighted by Gasteiger charge is 2.11. The monoisotopic (exact) mass is 319 g/mol. The van der Waals surface area contributed by atoms with Crippen LogP contribution in [0.1, 0.15) is 26.3 Å². The fourth-order valence-corrected chi connectivity index (χ4v) is 3.49. The molecule has 0 saturated heterocycles. The van der Waals surface area contributed by atoms with Gasteiger partial charge in [0.2, 0.25) is 0 Å². The minimum Gasteiger partial charge on any atom is -0.313 e. The number of rotatable bonds is 8. The van der Waals surface area contributed by atoms with Gasteiger partial charge in [-0.2, -0.15) is 11.8 Å². The molecular formula is C15H23Cl2NS. The number of nitrogens with one attached hydrogen (secondary N) is 1. The molecule has 0 fully saturated rings. The Hall–Kier alpha value is 0.110. The largest absolute Gasteiger partial charge is 0.313 e. The topological polar surface area (TPSA) is 12.0 Å². The van der Waals surface area contributed by atoms with Crippen LogP contribution in [-0.4, -0.2) is 24.1 Å². The molecule has 1 rings (SSSR count). The second kappa shape index (κ2) is 9.12. The molecule has 0 saturated carbocycles. The number of hydrogen-bond acceptors (Lipinski definition) is 2. The van der Waals surface area contributed by atoms with Gasteiger partial charge in [-0.1, -0.05) is 50.0 Å². The number of thioether (sulfide) groups is 1.